The Bertz CT molecular complexity index is 1320. The minimum atomic E-state index is -0.833. The molecule has 2 aromatic carbocycles. The average Bonchev–Trinajstić information content (AvgIpc) is 3.77. The van der Waals surface area contributed by atoms with Gasteiger partial charge in [-0.25, -0.2) is 4.39 Å². The summed E-state index contributed by atoms with van der Waals surface area (Å²) in [7, 11) is 0. The molecule has 3 aliphatic heterocycles. The molecule has 3 aliphatic rings. The van der Waals surface area contributed by atoms with Crippen LogP contribution < -0.4 is 9.64 Å². The van der Waals surface area contributed by atoms with E-state index < -0.39 is 5.97 Å². The highest BCUT2D eigenvalue weighted by atomic mass is 19.1. The van der Waals surface area contributed by atoms with Crippen molar-refractivity contribution in [1.82, 2.24) is 4.90 Å². The fourth-order valence-corrected chi connectivity index (χ4v) is 7.26. The van der Waals surface area contributed by atoms with Crippen molar-refractivity contribution in [2.75, 3.05) is 37.8 Å². The first-order valence-electron chi connectivity index (χ1n) is 16.9. The van der Waals surface area contributed by atoms with E-state index in [1.54, 1.807) is 13.0 Å². The summed E-state index contributed by atoms with van der Waals surface area (Å²) in [5.74, 6) is 0.347. The number of carbonyl (C=O) groups is 2. The number of halogens is 1. The van der Waals surface area contributed by atoms with Crippen molar-refractivity contribution in [3.8, 4) is 5.75 Å². The number of nitrogens with zero attached hydrogens (tertiary/aromatic N) is 2. The number of carboxylic acid groups (broad SMARTS) is 1. The minimum Gasteiger partial charge on any atom is -0.493 e. The molecule has 5 rings (SSSR count). The number of carboxylic acids is 1. The number of aliphatic carboxylic acids is 1. The summed E-state index contributed by atoms with van der Waals surface area (Å²) in [6.45, 7) is 14.8. The van der Waals surface area contributed by atoms with Gasteiger partial charge in [-0.05, 0) is 79.5 Å². The normalized spacial score (nSPS) is 19.9. The van der Waals surface area contributed by atoms with Crippen LogP contribution in [0.2, 0.25) is 0 Å². The fraction of sp³-hybridized carbons (Fsp3) is 0.622. The highest BCUT2D eigenvalue weighted by molar-refractivity contribution is 5.95. The smallest absolute Gasteiger partial charge is 0.300 e. The van der Waals surface area contributed by atoms with Gasteiger partial charge in [0.05, 0.1) is 26.4 Å². The highest BCUT2D eigenvalue weighted by Crippen LogP contribution is 2.42. The lowest BCUT2D eigenvalue weighted by molar-refractivity contribution is -0.134. The van der Waals surface area contributed by atoms with Gasteiger partial charge in [-0.1, -0.05) is 52.7 Å². The van der Waals surface area contributed by atoms with Gasteiger partial charge in [0.15, 0.2) is 6.29 Å². The third kappa shape index (κ3) is 9.07. The number of amides is 1. The van der Waals surface area contributed by atoms with Gasteiger partial charge >= 0.3 is 0 Å². The second-order valence-corrected chi connectivity index (χ2v) is 13.7. The Morgan fingerprint density at radius 3 is 2.37 bits per heavy atom. The molecule has 8 nitrogen and oxygen atoms in total. The first-order chi connectivity index (χ1) is 21.9. The molecule has 2 saturated heterocycles. The van der Waals surface area contributed by atoms with Gasteiger partial charge < -0.3 is 24.2 Å². The number of likely N-dealkylation sites (tertiary alicyclic amines) is 1. The van der Waals surface area contributed by atoms with Gasteiger partial charge in [0.25, 0.3) is 5.97 Å². The summed E-state index contributed by atoms with van der Waals surface area (Å²) in [5.41, 5.74) is 3.78. The zero-order valence-corrected chi connectivity index (χ0v) is 28.5. The maximum Gasteiger partial charge on any atom is 0.300 e. The number of hydrogen-bond donors (Lipinski definition) is 1. The minimum absolute atomic E-state index is 0.0858. The van der Waals surface area contributed by atoms with Crippen molar-refractivity contribution >= 4 is 17.6 Å². The van der Waals surface area contributed by atoms with Gasteiger partial charge in [0.1, 0.15) is 11.6 Å². The SMILES string of the molecule is CC(=O)O.CCCC(CCC)N(C(=O)CN1CC(c2ccc3c(c2)CCO3)C[C@@H]1CC(C)(C)C1OCCO1)c1ccc(F)c(C)c1. The highest BCUT2D eigenvalue weighted by Gasteiger charge is 2.42. The average molecular weight is 641 g/mol. The Hall–Kier alpha value is -3.01. The maximum absolute atomic E-state index is 14.4. The van der Waals surface area contributed by atoms with Crippen molar-refractivity contribution in [1.29, 1.82) is 0 Å². The lowest BCUT2D eigenvalue weighted by atomic mass is 9.82. The second kappa shape index (κ2) is 16.2. The molecule has 254 valence electrons. The van der Waals surface area contributed by atoms with Crippen LogP contribution in [0.5, 0.6) is 5.75 Å². The predicted molar refractivity (Wildman–Crippen MR) is 178 cm³/mol. The second-order valence-electron chi connectivity index (χ2n) is 13.7. The molecule has 1 N–H and O–H groups in total. The summed E-state index contributed by atoms with van der Waals surface area (Å²) in [6.07, 6.45) is 6.38. The fourth-order valence-electron chi connectivity index (χ4n) is 7.26. The number of rotatable bonds is 12. The lowest BCUT2D eigenvalue weighted by Crippen LogP contribution is -2.48. The molecule has 2 aromatic rings. The molecule has 2 atom stereocenters. The number of anilines is 1. The van der Waals surface area contributed by atoms with Crippen molar-refractivity contribution < 1.29 is 33.3 Å². The molecule has 46 heavy (non-hydrogen) atoms. The third-order valence-corrected chi connectivity index (χ3v) is 9.37. The Kier molecular flexibility index (Phi) is 12.6. The Labute approximate surface area is 274 Å². The molecule has 0 aliphatic carbocycles. The lowest BCUT2D eigenvalue weighted by Gasteiger charge is -2.37. The number of fused-ring (bicyclic) bond motifs is 1. The molecule has 0 saturated carbocycles. The molecule has 2 fully saturated rings. The van der Waals surface area contributed by atoms with E-state index in [0.29, 0.717) is 31.2 Å². The molecular formula is C37H53FN2O6. The zero-order valence-electron chi connectivity index (χ0n) is 28.5. The van der Waals surface area contributed by atoms with Crippen LogP contribution in [0, 0.1) is 18.2 Å². The van der Waals surface area contributed by atoms with Crippen LogP contribution in [0.3, 0.4) is 0 Å². The Balaban J connectivity index is 0.00000113. The third-order valence-electron chi connectivity index (χ3n) is 9.37. The molecule has 1 unspecified atom stereocenters. The number of hydrogen-bond acceptors (Lipinski definition) is 6. The van der Waals surface area contributed by atoms with Crippen LogP contribution in [0.1, 0.15) is 95.8 Å². The van der Waals surface area contributed by atoms with E-state index in [1.807, 2.05) is 11.0 Å². The molecule has 0 bridgehead atoms. The summed E-state index contributed by atoms with van der Waals surface area (Å²) in [6, 6.07) is 12.0. The standard InChI is InChI=1S/C35H49FN2O4.C2H4O2/c1-6-8-28(9-7-2)38(29-11-12-31(36)24(3)18-29)33(39)23-37-22-27(25-10-13-32-26(19-25)14-15-40-32)20-30(37)21-35(4,5)34-41-16-17-42-34;1-2(3)4/h10-13,18-19,27-28,30,34H,6-9,14-17,20-23H2,1-5H3;1H3,(H,3,4)/t27?,30-;/m1./s1. The van der Waals surface area contributed by atoms with Crippen molar-refractivity contribution in [2.45, 2.75) is 111 Å². The largest absolute Gasteiger partial charge is 0.493 e. The first kappa shape index (κ1) is 35.8. The van der Waals surface area contributed by atoms with Gasteiger partial charge in [0, 0.05) is 43.1 Å². The molecule has 9 heteroatoms. The predicted octanol–water partition coefficient (Wildman–Crippen LogP) is 7.11. The van der Waals surface area contributed by atoms with Crippen LogP contribution >= 0.6 is 0 Å². The first-order valence-corrected chi connectivity index (χ1v) is 16.9. The summed E-state index contributed by atoms with van der Waals surface area (Å²) < 4.78 is 31.9. The monoisotopic (exact) mass is 640 g/mol. The van der Waals surface area contributed by atoms with Gasteiger partial charge in [-0.3, -0.25) is 14.5 Å². The van der Waals surface area contributed by atoms with Gasteiger partial charge in [-0.2, -0.15) is 0 Å². The number of aryl methyl sites for hydroxylation is 1. The van der Waals surface area contributed by atoms with Gasteiger partial charge in [0.2, 0.25) is 5.91 Å². The summed E-state index contributed by atoms with van der Waals surface area (Å²) in [5, 5.41) is 7.42. The molecule has 1 amide bonds. The van der Waals surface area contributed by atoms with E-state index in [2.05, 4.69) is 50.8 Å². The maximum atomic E-state index is 14.4. The topological polar surface area (TPSA) is 88.5 Å². The summed E-state index contributed by atoms with van der Waals surface area (Å²) in [4.78, 5) is 27.7. The van der Waals surface area contributed by atoms with Gasteiger partial charge in [-0.15, -0.1) is 0 Å². The van der Waals surface area contributed by atoms with Crippen LogP contribution in [0.4, 0.5) is 10.1 Å². The Morgan fingerprint density at radius 2 is 1.74 bits per heavy atom. The van der Waals surface area contributed by atoms with E-state index in [-0.39, 0.29) is 35.5 Å². The van der Waals surface area contributed by atoms with Crippen molar-refractivity contribution in [2.24, 2.45) is 5.41 Å². The quantitative estimate of drug-likeness (QED) is 0.265. The molecule has 0 spiro atoms. The van der Waals surface area contributed by atoms with E-state index in [1.165, 1.54) is 17.2 Å². The number of carbonyl (C=O) groups excluding carboxylic acids is 1. The van der Waals surface area contributed by atoms with E-state index >= 15 is 0 Å². The van der Waals surface area contributed by atoms with Crippen molar-refractivity contribution in [3.05, 3.63) is 58.9 Å². The van der Waals surface area contributed by atoms with Crippen LogP contribution in [-0.4, -0.2) is 73.2 Å². The zero-order chi connectivity index (χ0) is 33.4. The van der Waals surface area contributed by atoms with Crippen LogP contribution in [0.15, 0.2) is 36.4 Å². The van der Waals surface area contributed by atoms with E-state index in [9.17, 15) is 9.18 Å². The summed E-state index contributed by atoms with van der Waals surface area (Å²) >= 11 is 0. The number of benzene rings is 2. The molecular weight excluding hydrogens is 587 g/mol. The molecule has 3 heterocycles. The number of ether oxygens (including phenoxy) is 3. The van der Waals surface area contributed by atoms with Crippen LogP contribution in [0.25, 0.3) is 0 Å². The molecule has 0 aromatic heterocycles. The Morgan fingerprint density at radius 1 is 1.07 bits per heavy atom. The van der Waals surface area contributed by atoms with Crippen molar-refractivity contribution in [3.63, 3.8) is 0 Å². The van der Waals surface area contributed by atoms with E-state index in [4.69, 9.17) is 24.1 Å². The van der Waals surface area contributed by atoms with E-state index in [0.717, 1.165) is 76.5 Å². The van der Waals surface area contributed by atoms with Crippen LogP contribution in [-0.2, 0) is 25.5 Å². The molecule has 0 radical (unpaired) electrons.